The molecule has 0 N–H and O–H groups in total. The Bertz CT molecular complexity index is 2420. The van der Waals surface area contributed by atoms with Gasteiger partial charge in [-0.2, -0.15) is 0 Å². The Labute approximate surface area is 274 Å². The maximum absolute atomic E-state index is 6.47. The van der Waals surface area contributed by atoms with Crippen molar-refractivity contribution in [1.29, 1.82) is 0 Å². The lowest BCUT2D eigenvalue weighted by Gasteiger charge is -2.28. The van der Waals surface area contributed by atoms with E-state index < -0.39 is 0 Å². The minimum Gasteiger partial charge on any atom is -0.435 e. The average molecular weight is 605 g/mol. The van der Waals surface area contributed by atoms with Crippen molar-refractivity contribution >= 4 is 38.9 Å². The summed E-state index contributed by atoms with van der Waals surface area (Å²) in [6.45, 7) is 4.67. The topological polar surface area (TPSA) is 29.3 Å². The smallest absolute Gasteiger partial charge is 0.227 e. The van der Waals surface area contributed by atoms with Gasteiger partial charge in [-0.15, -0.1) is 0 Å². The van der Waals surface area contributed by atoms with Crippen LogP contribution in [0.15, 0.2) is 162 Å². The SMILES string of the molecule is CC1(C)c2ccccc2-c2ccc(N(c3ccc(-c4ccccc4)cc3)c3ccc4ccc5nc(-c6ccccc6)oc5c4c3)cc21. The van der Waals surface area contributed by atoms with Gasteiger partial charge in [0, 0.05) is 33.4 Å². The highest BCUT2D eigenvalue weighted by Crippen LogP contribution is 2.50. The van der Waals surface area contributed by atoms with Gasteiger partial charge in [-0.1, -0.05) is 117 Å². The minimum absolute atomic E-state index is 0.103. The third-order valence-electron chi connectivity index (χ3n) is 9.69. The summed E-state index contributed by atoms with van der Waals surface area (Å²) in [4.78, 5) is 7.22. The molecule has 0 bridgehead atoms. The molecule has 3 nitrogen and oxygen atoms in total. The molecule has 0 saturated heterocycles. The van der Waals surface area contributed by atoms with E-state index in [0.29, 0.717) is 5.89 Å². The number of hydrogen-bond acceptors (Lipinski definition) is 3. The number of nitrogens with zero attached hydrogens (tertiary/aromatic N) is 2. The highest BCUT2D eigenvalue weighted by molar-refractivity contribution is 6.05. The van der Waals surface area contributed by atoms with Crippen molar-refractivity contribution in [2.75, 3.05) is 4.90 Å². The zero-order chi connectivity index (χ0) is 31.5. The fourth-order valence-electron chi connectivity index (χ4n) is 7.25. The van der Waals surface area contributed by atoms with Crippen LogP contribution >= 0.6 is 0 Å². The quantitative estimate of drug-likeness (QED) is 0.196. The molecule has 8 aromatic rings. The molecule has 3 heteroatoms. The summed E-state index contributed by atoms with van der Waals surface area (Å²) in [6.07, 6.45) is 0. The standard InChI is InChI=1S/C44H32N2O/c1-44(2)39-16-10-9-15-36(39)37-25-24-35(28-40(37)44)46(33-21-17-30(18-22-33)29-11-5-3-6-12-29)34-23-19-31-20-26-41-42(38(31)27-34)47-43(45-41)32-13-7-4-8-14-32/h3-28H,1-2H3. The average Bonchev–Trinajstić information content (AvgIpc) is 3.67. The highest BCUT2D eigenvalue weighted by atomic mass is 16.3. The van der Waals surface area contributed by atoms with E-state index >= 15 is 0 Å². The van der Waals surface area contributed by atoms with Gasteiger partial charge in [-0.3, -0.25) is 0 Å². The molecule has 0 fully saturated rings. The van der Waals surface area contributed by atoms with Gasteiger partial charge in [0.25, 0.3) is 0 Å². The van der Waals surface area contributed by atoms with Crippen molar-refractivity contribution in [3.8, 4) is 33.7 Å². The van der Waals surface area contributed by atoms with E-state index in [0.717, 1.165) is 44.5 Å². The van der Waals surface area contributed by atoms with Crippen molar-refractivity contribution < 1.29 is 4.42 Å². The Balaban J connectivity index is 1.22. The summed E-state index contributed by atoms with van der Waals surface area (Å²) in [5.41, 5.74) is 13.5. The van der Waals surface area contributed by atoms with Crippen LogP contribution in [0.1, 0.15) is 25.0 Å². The number of anilines is 3. The Morgan fingerprint density at radius 3 is 1.89 bits per heavy atom. The third-order valence-corrected chi connectivity index (χ3v) is 9.69. The second kappa shape index (κ2) is 10.6. The molecule has 47 heavy (non-hydrogen) atoms. The van der Waals surface area contributed by atoms with Crippen LogP contribution in [0, 0.1) is 0 Å². The summed E-state index contributed by atoms with van der Waals surface area (Å²) in [6, 6.07) is 56.1. The number of benzene rings is 7. The first-order valence-corrected chi connectivity index (χ1v) is 16.1. The summed E-state index contributed by atoms with van der Waals surface area (Å²) in [5, 5.41) is 2.15. The molecular formula is C44H32N2O. The van der Waals surface area contributed by atoms with Crippen molar-refractivity contribution in [3.63, 3.8) is 0 Å². The molecule has 9 rings (SSSR count). The molecule has 0 radical (unpaired) electrons. The van der Waals surface area contributed by atoms with Gasteiger partial charge >= 0.3 is 0 Å². The fourth-order valence-corrected chi connectivity index (χ4v) is 7.25. The molecule has 0 atom stereocenters. The first-order valence-electron chi connectivity index (χ1n) is 16.1. The number of hydrogen-bond donors (Lipinski definition) is 0. The van der Waals surface area contributed by atoms with Crippen LogP contribution in [0.4, 0.5) is 17.1 Å². The van der Waals surface area contributed by atoms with Crippen LogP contribution in [-0.2, 0) is 5.41 Å². The number of fused-ring (bicyclic) bond motifs is 6. The zero-order valence-electron chi connectivity index (χ0n) is 26.3. The van der Waals surface area contributed by atoms with Crippen LogP contribution < -0.4 is 4.90 Å². The molecular weight excluding hydrogens is 572 g/mol. The molecule has 1 heterocycles. The number of rotatable bonds is 5. The Hall–Kier alpha value is -5.93. The van der Waals surface area contributed by atoms with Gasteiger partial charge in [0.2, 0.25) is 5.89 Å². The van der Waals surface area contributed by atoms with E-state index in [9.17, 15) is 0 Å². The fraction of sp³-hybridized carbons (Fsp3) is 0.0682. The van der Waals surface area contributed by atoms with Gasteiger partial charge in [-0.05, 0) is 93.4 Å². The molecule has 0 spiro atoms. The number of aromatic nitrogens is 1. The summed E-state index contributed by atoms with van der Waals surface area (Å²) >= 11 is 0. The van der Waals surface area contributed by atoms with Crippen molar-refractivity contribution in [3.05, 3.63) is 169 Å². The van der Waals surface area contributed by atoms with E-state index in [-0.39, 0.29) is 5.41 Å². The van der Waals surface area contributed by atoms with E-state index in [4.69, 9.17) is 9.40 Å². The molecule has 1 aliphatic carbocycles. The third kappa shape index (κ3) is 4.46. The number of oxazole rings is 1. The maximum Gasteiger partial charge on any atom is 0.227 e. The van der Waals surface area contributed by atoms with Gasteiger partial charge in [0.05, 0.1) is 0 Å². The second-order valence-corrected chi connectivity index (χ2v) is 12.9. The minimum atomic E-state index is -0.103. The van der Waals surface area contributed by atoms with Crippen LogP contribution in [0.5, 0.6) is 0 Å². The first-order chi connectivity index (χ1) is 23.0. The van der Waals surface area contributed by atoms with Crippen LogP contribution in [0.3, 0.4) is 0 Å². The second-order valence-electron chi connectivity index (χ2n) is 12.9. The predicted molar refractivity (Wildman–Crippen MR) is 195 cm³/mol. The lowest BCUT2D eigenvalue weighted by atomic mass is 9.82. The molecule has 0 unspecified atom stereocenters. The van der Waals surface area contributed by atoms with Crippen LogP contribution in [0.25, 0.3) is 55.6 Å². The molecule has 0 saturated carbocycles. The molecule has 1 aliphatic rings. The zero-order valence-corrected chi connectivity index (χ0v) is 26.3. The molecule has 224 valence electrons. The Morgan fingerprint density at radius 1 is 0.511 bits per heavy atom. The van der Waals surface area contributed by atoms with Crippen molar-refractivity contribution in [2.45, 2.75) is 19.3 Å². The van der Waals surface area contributed by atoms with Gasteiger partial charge in [0.15, 0.2) is 5.58 Å². The molecule has 0 aliphatic heterocycles. The molecule has 7 aromatic carbocycles. The van der Waals surface area contributed by atoms with Gasteiger partial charge in [0.1, 0.15) is 5.52 Å². The van der Waals surface area contributed by atoms with Crippen LogP contribution in [0.2, 0.25) is 0 Å². The van der Waals surface area contributed by atoms with Gasteiger partial charge in [-0.25, -0.2) is 4.98 Å². The Morgan fingerprint density at radius 2 is 1.11 bits per heavy atom. The lowest BCUT2D eigenvalue weighted by Crippen LogP contribution is -2.16. The molecule has 1 aromatic heterocycles. The summed E-state index contributed by atoms with van der Waals surface area (Å²) in [7, 11) is 0. The highest BCUT2D eigenvalue weighted by Gasteiger charge is 2.35. The van der Waals surface area contributed by atoms with E-state index in [1.165, 1.54) is 33.4 Å². The first kappa shape index (κ1) is 27.4. The normalized spacial score (nSPS) is 13.1. The summed E-state index contributed by atoms with van der Waals surface area (Å²) in [5.74, 6) is 0.632. The summed E-state index contributed by atoms with van der Waals surface area (Å²) < 4.78 is 6.47. The monoisotopic (exact) mass is 604 g/mol. The lowest BCUT2D eigenvalue weighted by molar-refractivity contribution is 0.623. The van der Waals surface area contributed by atoms with Crippen molar-refractivity contribution in [2.24, 2.45) is 0 Å². The van der Waals surface area contributed by atoms with E-state index in [2.05, 4.69) is 140 Å². The Kier molecular flexibility index (Phi) is 6.16. The van der Waals surface area contributed by atoms with Gasteiger partial charge < -0.3 is 9.32 Å². The van der Waals surface area contributed by atoms with Crippen molar-refractivity contribution in [1.82, 2.24) is 4.98 Å². The van der Waals surface area contributed by atoms with E-state index in [1.807, 2.05) is 36.4 Å². The van der Waals surface area contributed by atoms with Crippen LogP contribution in [-0.4, -0.2) is 4.98 Å². The predicted octanol–water partition coefficient (Wildman–Crippen LogP) is 12.1. The largest absolute Gasteiger partial charge is 0.435 e. The van der Waals surface area contributed by atoms with E-state index in [1.54, 1.807) is 0 Å². The molecule has 0 amide bonds. The maximum atomic E-state index is 6.47.